The second kappa shape index (κ2) is 3.55. The van der Waals surface area contributed by atoms with E-state index in [0.29, 0.717) is 6.04 Å². The van der Waals surface area contributed by atoms with Crippen LogP contribution in [0.1, 0.15) is 39.5 Å². The van der Waals surface area contributed by atoms with Crippen LogP contribution in [0.2, 0.25) is 0 Å². The van der Waals surface area contributed by atoms with Gasteiger partial charge in [0.2, 0.25) is 0 Å². The molecular weight excluding hydrogens is 138 g/mol. The van der Waals surface area contributed by atoms with Crippen molar-refractivity contribution in [3.8, 4) is 0 Å². The molecule has 1 rings (SSSR count). The summed E-state index contributed by atoms with van der Waals surface area (Å²) in [6, 6.07) is 0.486. The van der Waals surface area contributed by atoms with Crippen molar-refractivity contribution in [2.45, 2.75) is 51.2 Å². The van der Waals surface area contributed by atoms with E-state index in [-0.39, 0.29) is 5.60 Å². The van der Waals surface area contributed by atoms with E-state index in [4.69, 9.17) is 0 Å². The molecule has 0 radical (unpaired) electrons. The van der Waals surface area contributed by atoms with Crippen LogP contribution >= 0.6 is 0 Å². The normalized spacial score (nSPS) is 22.9. The Kier molecular flexibility index (Phi) is 2.90. The van der Waals surface area contributed by atoms with Gasteiger partial charge in [-0.3, -0.25) is 0 Å². The third kappa shape index (κ3) is 2.80. The topological polar surface area (TPSA) is 32.3 Å². The average Bonchev–Trinajstić information content (AvgIpc) is 2.33. The minimum Gasteiger partial charge on any atom is -0.389 e. The van der Waals surface area contributed by atoms with Gasteiger partial charge in [-0.1, -0.05) is 26.7 Å². The highest BCUT2D eigenvalue weighted by Gasteiger charge is 2.30. The first-order valence-electron chi connectivity index (χ1n) is 4.58. The summed E-state index contributed by atoms with van der Waals surface area (Å²) in [6.07, 6.45) is 4.34. The molecule has 0 aromatic heterocycles. The molecule has 0 aromatic rings. The highest BCUT2D eigenvalue weighted by molar-refractivity contribution is 4.86. The summed E-state index contributed by atoms with van der Waals surface area (Å²) in [6.45, 7) is 4.99. The van der Waals surface area contributed by atoms with Crippen LogP contribution in [0.4, 0.5) is 0 Å². The molecule has 2 heteroatoms. The Hall–Kier alpha value is -0.0800. The van der Waals surface area contributed by atoms with Crippen LogP contribution in [0, 0.1) is 0 Å². The predicted molar refractivity (Wildman–Crippen MR) is 46.6 cm³/mol. The Labute approximate surface area is 69.0 Å². The van der Waals surface area contributed by atoms with Gasteiger partial charge in [0.15, 0.2) is 0 Å². The van der Waals surface area contributed by atoms with Crippen LogP contribution < -0.4 is 5.32 Å². The number of rotatable bonds is 3. The molecule has 2 nitrogen and oxygen atoms in total. The smallest absolute Gasteiger partial charge is 0.0771 e. The molecule has 0 atom stereocenters. The van der Waals surface area contributed by atoms with E-state index in [9.17, 15) is 5.11 Å². The van der Waals surface area contributed by atoms with Crippen LogP contribution in [0.5, 0.6) is 0 Å². The molecule has 11 heavy (non-hydrogen) atoms. The Bertz CT molecular complexity index is 117. The van der Waals surface area contributed by atoms with Gasteiger partial charge < -0.3 is 10.4 Å². The van der Waals surface area contributed by atoms with Gasteiger partial charge >= 0.3 is 0 Å². The molecular formula is C9H19NO. The van der Waals surface area contributed by atoms with E-state index < -0.39 is 0 Å². The van der Waals surface area contributed by atoms with Crippen molar-refractivity contribution < 1.29 is 5.11 Å². The summed E-state index contributed by atoms with van der Waals surface area (Å²) in [5, 5.41) is 13.2. The summed E-state index contributed by atoms with van der Waals surface area (Å²) in [5.74, 6) is 0. The predicted octanol–water partition coefficient (Wildman–Crippen LogP) is 1.29. The van der Waals surface area contributed by atoms with E-state index in [2.05, 4.69) is 19.2 Å². The van der Waals surface area contributed by atoms with Gasteiger partial charge in [-0.15, -0.1) is 0 Å². The largest absolute Gasteiger partial charge is 0.389 e. The maximum atomic E-state index is 9.88. The Balaban J connectivity index is 2.23. The summed E-state index contributed by atoms with van der Waals surface area (Å²) in [7, 11) is 0. The third-order valence-corrected chi connectivity index (χ3v) is 2.37. The zero-order valence-electron chi connectivity index (χ0n) is 7.56. The molecule has 0 aromatic carbocycles. The van der Waals surface area contributed by atoms with Crippen molar-refractivity contribution in [1.29, 1.82) is 0 Å². The molecule has 1 saturated carbocycles. The van der Waals surface area contributed by atoms with Gasteiger partial charge in [-0.2, -0.15) is 0 Å². The lowest BCUT2D eigenvalue weighted by molar-refractivity contribution is 0.0459. The van der Waals surface area contributed by atoms with Crippen molar-refractivity contribution in [3.05, 3.63) is 0 Å². The molecule has 0 saturated heterocycles. The van der Waals surface area contributed by atoms with Crippen molar-refractivity contribution >= 4 is 0 Å². The Morgan fingerprint density at radius 2 is 1.91 bits per heavy atom. The monoisotopic (exact) mass is 157 g/mol. The van der Waals surface area contributed by atoms with Gasteiger partial charge in [-0.05, 0) is 12.8 Å². The Morgan fingerprint density at radius 1 is 1.36 bits per heavy atom. The zero-order valence-corrected chi connectivity index (χ0v) is 7.56. The molecule has 66 valence electrons. The fourth-order valence-electron chi connectivity index (χ4n) is 1.60. The van der Waals surface area contributed by atoms with Gasteiger partial charge in [0.25, 0.3) is 0 Å². The maximum absolute atomic E-state index is 9.88. The molecule has 1 aliphatic carbocycles. The number of hydrogen-bond acceptors (Lipinski definition) is 2. The van der Waals surface area contributed by atoms with Crippen molar-refractivity contribution in [2.75, 3.05) is 6.54 Å². The van der Waals surface area contributed by atoms with Crippen molar-refractivity contribution in [2.24, 2.45) is 0 Å². The average molecular weight is 157 g/mol. The summed E-state index contributed by atoms with van der Waals surface area (Å²) in [5.41, 5.74) is -0.385. The minimum atomic E-state index is -0.385. The SMILES string of the molecule is CC(C)NCC1(O)CCCC1. The van der Waals surface area contributed by atoms with Crippen LogP contribution in [0.25, 0.3) is 0 Å². The molecule has 0 aliphatic heterocycles. The molecule has 2 N–H and O–H groups in total. The number of hydrogen-bond donors (Lipinski definition) is 2. The second-order valence-corrected chi connectivity index (χ2v) is 3.97. The summed E-state index contributed by atoms with van der Waals surface area (Å²) in [4.78, 5) is 0. The third-order valence-electron chi connectivity index (χ3n) is 2.37. The highest BCUT2D eigenvalue weighted by Crippen LogP contribution is 2.28. The lowest BCUT2D eigenvalue weighted by Crippen LogP contribution is -2.40. The molecule has 0 spiro atoms. The first-order chi connectivity index (χ1) is 5.12. The zero-order chi connectivity index (χ0) is 8.32. The van der Waals surface area contributed by atoms with E-state index in [0.717, 1.165) is 19.4 Å². The first-order valence-corrected chi connectivity index (χ1v) is 4.58. The molecule has 0 bridgehead atoms. The fourth-order valence-corrected chi connectivity index (χ4v) is 1.60. The lowest BCUT2D eigenvalue weighted by Gasteiger charge is -2.23. The Morgan fingerprint density at radius 3 is 2.36 bits per heavy atom. The van der Waals surface area contributed by atoms with Crippen LogP contribution in [-0.2, 0) is 0 Å². The first kappa shape index (κ1) is 9.01. The van der Waals surface area contributed by atoms with Gasteiger partial charge in [0, 0.05) is 12.6 Å². The molecule has 1 aliphatic rings. The number of aliphatic hydroxyl groups is 1. The molecule has 0 unspecified atom stereocenters. The van der Waals surface area contributed by atoms with E-state index in [1.54, 1.807) is 0 Å². The van der Waals surface area contributed by atoms with Gasteiger partial charge in [-0.25, -0.2) is 0 Å². The van der Waals surface area contributed by atoms with Gasteiger partial charge in [0.1, 0.15) is 0 Å². The van der Waals surface area contributed by atoms with Crippen LogP contribution in [0.3, 0.4) is 0 Å². The van der Waals surface area contributed by atoms with E-state index >= 15 is 0 Å². The summed E-state index contributed by atoms with van der Waals surface area (Å²) < 4.78 is 0. The van der Waals surface area contributed by atoms with Gasteiger partial charge in [0.05, 0.1) is 5.60 Å². The van der Waals surface area contributed by atoms with E-state index in [1.807, 2.05) is 0 Å². The van der Waals surface area contributed by atoms with Crippen LogP contribution in [-0.4, -0.2) is 23.3 Å². The van der Waals surface area contributed by atoms with Crippen molar-refractivity contribution in [3.63, 3.8) is 0 Å². The number of nitrogens with one attached hydrogen (secondary N) is 1. The fraction of sp³-hybridized carbons (Fsp3) is 1.00. The lowest BCUT2D eigenvalue weighted by atomic mass is 10.0. The standard InChI is InChI=1S/C9H19NO/c1-8(2)10-7-9(11)5-3-4-6-9/h8,10-11H,3-7H2,1-2H3. The van der Waals surface area contributed by atoms with Crippen LogP contribution in [0.15, 0.2) is 0 Å². The quantitative estimate of drug-likeness (QED) is 0.647. The van der Waals surface area contributed by atoms with E-state index in [1.165, 1.54) is 12.8 Å². The second-order valence-electron chi connectivity index (χ2n) is 3.97. The van der Waals surface area contributed by atoms with Crippen molar-refractivity contribution in [1.82, 2.24) is 5.32 Å². The minimum absolute atomic E-state index is 0.385. The summed E-state index contributed by atoms with van der Waals surface area (Å²) >= 11 is 0. The molecule has 0 heterocycles. The maximum Gasteiger partial charge on any atom is 0.0771 e. The molecule has 1 fully saturated rings. The molecule has 0 amide bonds. The highest BCUT2D eigenvalue weighted by atomic mass is 16.3.